The standard InChI is InChI=1S/C13H21ClN4/c1-5-10-11(14)15-9-16-12(10)18-7-6-17(4)13(2,3)8-18/h9H,5-8H2,1-4H3. The Morgan fingerprint density at radius 2 is 2.06 bits per heavy atom. The Morgan fingerprint density at radius 1 is 1.33 bits per heavy atom. The second-order valence-electron chi connectivity index (χ2n) is 5.48. The third kappa shape index (κ3) is 2.45. The molecule has 1 saturated heterocycles. The predicted molar refractivity (Wildman–Crippen MR) is 75.3 cm³/mol. The summed E-state index contributed by atoms with van der Waals surface area (Å²) in [7, 11) is 2.17. The highest BCUT2D eigenvalue weighted by atomic mass is 35.5. The van der Waals surface area contributed by atoms with E-state index in [4.69, 9.17) is 11.6 Å². The van der Waals surface area contributed by atoms with Crippen LogP contribution in [0.3, 0.4) is 0 Å². The number of halogens is 1. The zero-order chi connectivity index (χ0) is 13.3. The summed E-state index contributed by atoms with van der Waals surface area (Å²) < 4.78 is 0. The van der Waals surface area contributed by atoms with Crippen molar-refractivity contribution in [1.82, 2.24) is 14.9 Å². The van der Waals surface area contributed by atoms with Crippen molar-refractivity contribution in [2.75, 3.05) is 31.6 Å². The zero-order valence-corrected chi connectivity index (χ0v) is 12.3. The maximum Gasteiger partial charge on any atom is 0.137 e. The first-order valence-corrected chi connectivity index (χ1v) is 6.79. The molecule has 0 saturated carbocycles. The van der Waals surface area contributed by atoms with Crippen LogP contribution in [0, 0.1) is 0 Å². The molecule has 5 heteroatoms. The van der Waals surface area contributed by atoms with Crippen LogP contribution >= 0.6 is 11.6 Å². The maximum absolute atomic E-state index is 6.16. The van der Waals surface area contributed by atoms with Crippen molar-refractivity contribution in [1.29, 1.82) is 0 Å². The van der Waals surface area contributed by atoms with Gasteiger partial charge in [-0.05, 0) is 27.3 Å². The molecule has 0 aromatic carbocycles. The highest BCUT2D eigenvalue weighted by Crippen LogP contribution is 2.28. The van der Waals surface area contributed by atoms with Gasteiger partial charge in [-0.15, -0.1) is 0 Å². The van der Waals surface area contributed by atoms with Gasteiger partial charge in [0.1, 0.15) is 17.3 Å². The van der Waals surface area contributed by atoms with Crippen LogP contribution in [-0.2, 0) is 6.42 Å². The summed E-state index contributed by atoms with van der Waals surface area (Å²) >= 11 is 6.16. The molecule has 0 radical (unpaired) electrons. The average Bonchev–Trinajstić information content (AvgIpc) is 2.32. The van der Waals surface area contributed by atoms with E-state index in [1.165, 1.54) is 0 Å². The summed E-state index contributed by atoms with van der Waals surface area (Å²) in [6, 6.07) is 0. The van der Waals surface area contributed by atoms with Gasteiger partial charge in [0.25, 0.3) is 0 Å². The SMILES string of the molecule is CCc1c(Cl)ncnc1N1CCN(C)C(C)(C)C1. The van der Waals surface area contributed by atoms with Gasteiger partial charge in [0, 0.05) is 30.7 Å². The van der Waals surface area contributed by atoms with Crippen LogP contribution in [0.15, 0.2) is 6.33 Å². The van der Waals surface area contributed by atoms with Crippen LogP contribution in [0.1, 0.15) is 26.3 Å². The van der Waals surface area contributed by atoms with Gasteiger partial charge in [-0.1, -0.05) is 18.5 Å². The highest BCUT2D eigenvalue weighted by molar-refractivity contribution is 6.30. The Kier molecular flexibility index (Phi) is 3.78. The molecule has 1 aromatic heterocycles. The Morgan fingerprint density at radius 3 is 2.67 bits per heavy atom. The summed E-state index contributed by atoms with van der Waals surface area (Å²) in [5.74, 6) is 0.999. The van der Waals surface area contributed by atoms with Gasteiger partial charge in [-0.3, -0.25) is 4.90 Å². The number of anilines is 1. The monoisotopic (exact) mass is 268 g/mol. The normalized spacial score (nSPS) is 20.2. The van der Waals surface area contributed by atoms with Gasteiger partial charge in [0.05, 0.1) is 0 Å². The Bertz CT molecular complexity index is 433. The number of piperazine rings is 1. The van der Waals surface area contributed by atoms with E-state index in [2.05, 4.69) is 47.6 Å². The number of hydrogen-bond acceptors (Lipinski definition) is 4. The fourth-order valence-electron chi connectivity index (χ4n) is 2.38. The number of rotatable bonds is 2. The van der Waals surface area contributed by atoms with Crippen LogP contribution < -0.4 is 4.90 Å². The van der Waals surface area contributed by atoms with E-state index >= 15 is 0 Å². The number of aromatic nitrogens is 2. The number of hydrogen-bond donors (Lipinski definition) is 0. The molecule has 2 rings (SSSR count). The molecule has 1 aromatic rings. The topological polar surface area (TPSA) is 32.3 Å². The average molecular weight is 269 g/mol. The molecule has 0 bridgehead atoms. The summed E-state index contributed by atoms with van der Waals surface area (Å²) in [5, 5.41) is 0.583. The molecule has 18 heavy (non-hydrogen) atoms. The maximum atomic E-state index is 6.16. The first kappa shape index (κ1) is 13.6. The van der Waals surface area contributed by atoms with Crippen molar-refractivity contribution >= 4 is 17.4 Å². The molecule has 1 aliphatic heterocycles. The predicted octanol–water partition coefficient (Wildman–Crippen LogP) is 2.22. The quantitative estimate of drug-likeness (QED) is 0.770. The van der Waals surface area contributed by atoms with E-state index < -0.39 is 0 Å². The fraction of sp³-hybridized carbons (Fsp3) is 0.692. The second-order valence-corrected chi connectivity index (χ2v) is 5.83. The molecule has 0 atom stereocenters. The van der Waals surface area contributed by atoms with Crippen molar-refractivity contribution in [2.45, 2.75) is 32.7 Å². The summed E-state index contributed by atoms with van der Waals surface area (Å²) in [5.41, 5.74) is 1.21. The lowest BCUT2D eigenvalue weighted by Crippen LogP contribution is -2.58. The minimum absolute atomic E-state index is 0.153. The summed E-state index contributed by atoms with van der Waals surface area (Å²) in [6.07, 6.45) is 2.42. The fourth-order valence-corrected chi connectivity index (χ4v) is 2.64. The van der Waals surface area contributed by atoms with Crippen molar-refractivity contribution < 1.29 is 0 Å². The van der Waals surface area contributed by atoms with Gasteiger partial charge < -0.3 is 4.90 Å². The van der Waals surface area contributed by atoms with Gasteiger partial charge in [-0.25, -0.2) is 9.97 Å². The first-order valence-electron chi connectivity index (χ1n) is 6.41. The van der Waals surface area contributed by atoms with E-state index in [1.54, 1.807) is 6.33 Å². The zero-order valence-electron chi connectivity index (χ0n) is 11.6. The Balaban J connectivity index is 2.30. The third-order valence-corrected chi connectivity index (χ3v) is 4.17. The van der Waals surface area contributed by atoms with Crippen LogP contribution in [0.4, 0.5) is 5.82 Å². The Labute approximate surface area is 114 Å². The molecular weight excluding hydrogens is 248 g/mol. The summed E-state index contributed by atoms with van der Waals surface area (Å²) in [6.45, 7) is 9.60. The Hall–Kier alpha value is -0.870. The molecule has 0 unspecified atom stereocenters. The van der Waals surface area contributed by atoms with E-state index in [0.717, 1.165) is 37.4 Å². The van der Waals surface area contributed by atoms with Crippen molar-refractivity contribution in [2.24, 2.45) is 0 Å². The van der Waals surface area contributed by atoms with E-state index in [9.17, 15) is 0 Å². The molecule has 0 aliphatic carbocycles. The molecule has 100 valence electrons. The molecule has 0 amide bonds. The lowest BCUT2D eigenvalue weighted by molar-refractivity contribution is 0.138. The van der Waals surface area contributed by atoms with Gasteiger partial charge in [0.15, 0.2) is 0 Å². The lowest BCUT2D eigenvalue weighted by atomic mass is 9.99. The number of nitrogens with zero attached hydrogens (tertiary/aromatic N) is 4. The minimum Gasteiger partial charge on any atom is -0.353 e. The van der Waals surface area contributed by atoms with Gasteiger partial charge in [0.2, 0.25) is 0 Å². The van der Waals surface area contributed by atoms with Crippen molar-refractivity contribution in [3.05, 3.63) is 17.0 Å². The first-order chi connectivity index (χ1) is 8.45. The van der Waals surface area contributed by atoms with Crippen molar-refractivity contribution in [3.63, 3.8) is 0 Å². The second kappa shape index (κ2) is 5.02. The van der Waals surface area contributed by atoms with Crippen LogP contribution in [0.5, 0.6) is 0 Å². The van der Waals surface area contributed by atoms with Gasteiger partial charge in [-0.2, -0.15) is 0 Å². The van der Waals surface area contributed by atoms with Crippen LogP contribution in [-0.4, -0.2) is 47.1 Å². The van der Waals surface area contributed by atoms with Crippen LogP contribution in [0.25, 0.3) is 0 Å². The largest absolute Gasteiger partial charge is 0.353 e. The lowest BCUT2D eigenvalue weighted by Gasteiger charge is -2.46. The molecule has 2 heterocycles. The molecule has 1 aliphatic rings. The van der Waals surface area contributed by atoms with Crippen LogP contribution in [0.2, 0.25) is 5.15 Å². The van der Waals surface area contributed by atoms with Gasteiger partial charge >= 0.3 is 0 Å². The molecule has 1 fully saturated rings. The molecule has 0 N–H and O–H groups in total. The van der Waals surface area contributed by atoms with E-state index in [1.807, 2.05) is 0 Å². The number of likely N-dealkylation sites (N-methyl/N-ethyl adjacent to an activating group) is 1. The molecular formula is C13H21ClN4. The minimum atomic E-state index is 0.153. The third-order valence-electron chi connectivity index (χ3n) is 3.84. The van der Waals surface area contributed by atoms with E-state index in [0.29, 0.717) is 5.15 Å². The summed E-state index contributed by atoms with van der Waals surface area (Å²) in [4.78, 5) is 13.2. The van der Waals surface area contributed by atoms with Crippen molar-refractivity contribution in [3.8, 4) is 0 Å². The molecule has 0 spiro atoms. The smallest absolute Gasteiger partial charge is 0.137 e. The molecule has 4 nitrogen and oxygen atoms in total. The highest BCUT2D eigenvalue weighted by Gasteiger charge is 2.32. The van der Waals surface area contributed by atoms with E-state index in [-0.39, 0.29) is 5.54 Å².